The number of rotatable bonds is 6. The molecule has 0 radical (unpaired) electrons. The molecule has 0 aliphatic rings. The van der Waals surface area contributed by atoms with Crippen LogP contribution in [0.3, 0.4) is 0 Å². The van der Waals surface area contributed by atoms with Crippen molar-refractivity contribution in [3.63, 3.8) is 0 Å². The Bertz CT molecular complexity index is 391. The van der Waals surface area contributed by atoms with Gasteiger partial charge < -0.3 is 20.3 Å². The van der Waals surface area contributed by atoms with E-state index in [2.05, 4.69) is 0 Å². The molecule has 0 spiro atoms. The van der Waals surface area contributed by atoms with Crippen molar-refractivity contribution >= 4 is 0 Å². The first-order valence-corrected chi connectivity index (χ1v) is 6.09. The molecule has 0 aromatic heterocycles. The number of methoxy groups -OCH3 is 1. The summed E-state index contributed by atoms with van der Waals surface area (Å²) in [4.78, 5) is 0. The van der Waals surface area contributed by atoms with Gasteiger partial charge in [0.15, 0.2) is 11.5 Å². The highest BCUT2D eigenvalue weighted by Gasteiger charge is 2.22. The van der Waals surface area contributed by atoms with Gasteiger partial charge in [0.1, 0.15) is 0 Å². The van der Waals surface area contributed by atoms with Crippen LogP contribution in [0.25, 0.3) is 0 Å². The van der Waals surface area contributed by atoms with Gasteiger partial charge in [-0.05, 0) is 38.5 Å². The Hall–Kier alpha value is -1.26. The van der Waals surface area contributed by atoms with Crippen LogP contribution in [0, 0.1) is 6.92 Å². The van der Waals surface area contributed by atoms with E-state index < -0.39 is 5.54 Å². The maximum Gasteiger partial charge on any atom is 0.161 e. The minimum Gasteiger partial charge on any atom is -0.493 e. The van der Waals surface area contributed by atoms with E-state index >= 15 is 0 Å². The summed E-state index contributed by atoms with van der Waals surface area (Å²) in [7, 11) is 1.62. The van der Waals surface area contributed by atoms with Gasteiger partial charge in [-0.1, -0.05) is 6.07 Å². The first-order valence-electron chi connectivity index (χ1n) is 6.09. The van der Waals surface area contributed by atoms with Crippen molar-refractivity contribution < 1.29 is 14.6 Å². The normalized spacial score (nSPS) is 15.9. The lowest BCUT2D eigenvalue weighted by Gasteiger charge is -2.26. The van der Waals surface area contributed by atoms with Gasteiger partial charge in [-0.25, -0.2) is 0 Å². The monoisotopic (exact) mass is 253 g/mol. The Morgan fingerprint density at radius 1 is 1.39 bits per heavy atom. The summed E-state index contributed by atoms with van der Waals surface area (Å²) in [5, 5.41) is 9.14. The van der Waals surface area contributed by atoms with Crippen LogP contribution >= 0.6 is 0 Å². The molecule has 102 valence electrons. The van der Waals surface area contributed by atoms with E-state index in [1.807, 2.05) is 32.0 Å². The van der Waals surface area contributed by atoms with E-state index in [1.165, 1.54) is 0 Å². The van der Waals surface area contributed by atoms with Crippen LogP contribution < -0.4 is 15.2 Å². The van der Waals surface area contributed by atoms with Crippen LogP contribution in [0.15, 0.2) is 18.2 Å². The van der Waals surface area contributed by atoms with E-state index in [4.69, 9.17) is 20.3 Å². The van der Waals surface area contributed by atoms with Gasteiger partial charge in [0.2, 0.25) is 0 Å². The van der Waals surface area contributed by atoms with Crippen molar-refractivity contribution in [1.29, 1.82) is 0 Å². The van der Waals surface area contributed by atoms with Crippen LogP contribution in [0.4, 0.5) is 0 Å². The molecule has 0 heterocycles. The molecule has 3 N–H and O–H groups in total. The average molecular weight is 253 g/mol. The van der Waals surface area contributed by atoms with Crippen molar-refractivity contribution in [1.82, 2.24) is 0 Å². The van der Waals surface area contributed by atoms with Crippen molar-refractivity contribution in [2.24, 2.45) is 5.73 Å². The average Bonchev–Trinajstić information content (AvgIpc) is 2.30. The molecule has 1 aromatic carbocycles. The molecule has 0 amide bonds. The summed E-state index contributed by atoms with van der Waals surface area (Å²) >= 11 is 0. The predicted molar refractivity (Wildman–Crippen MR) is 72.1 cm³/mol. The number of aliphatic hydroxyl groups excluding tert-OH is 1. The molecular weight excluding hydrogens is 230 g/mol. The second-order valence-corrected chi connectivity index (χ2v) is 5.10. The standard InChI is InChI=1S/C14H23NO3/c1-10-5-6-12(13(7-10)17-4)18-11(2)8-14(3,15)9-16/h5-7,11,16H,8-9,15H2,1-4H3. The highest BCUT2D eigenvalue weighted by atomic mass is 16.5. The fourth-order valence-electron chi connectivity index (χ4n) is 1.85. The summed E-state index contributed by atoms with van der Waals surface area (Å²) in [5.74, 6) is 1.41. The van der Waals surface area contributed by atoms with Crippen LogP contribution in [0.2, 0.25) is 0 Å². The van der Waals surface area contributed by atoms with Crippen molar-refractivity contribution in [3.05, 3.63) is 23.8 Å². The minimum absolute atomic E-state index is 0.0638. The molecule has 0 bridgehead atoms. The lowest BCUT2D eigenvalue weighted by molar-refractivity contribution is 0.131. The molecule has 2 atom stereocenters. The van der Waals surface area contributed by atoms with Crippen LogP contribution in [-0.2, 0) is 0 Å². The maximum atomic E-state index is 9.14. The van der Waals surface area contributed by atoms with Crippen LogP contribution in [0.1, 0.15) is 25.8 Å². The highest BCUT2D eigenvalue weighted by molar-refractivity contribution is 5.42. The third-order valence-corrected chi connectivity index (χ3v) is 2.76. The molecule has 4 heteroatoms. The van der Waals surface area contributed by atoms with Crippen LogP contribution in [0.5, 0.6) is 11.5 Å². The molecule has 18 heavy (non-hydrogen) atoms. The topological polar surface area (TPSA) is 64.7 Å². The number of hydrogen-bond donors (Lipinski definition) is 2. The van der Waals surface area contributed by atoms with Crippen molar-refractivity contribution in [3.8, 4) is 11.5 Å². The Balaban J connectivity index is 2.72. The quantitative estimate of drug-likeness (QED) is 0.812. The second kappa shape index (κ2) is 6.07. The van der Waals surface area contributed by atoms with Gasteiger partial charge in [-0.15, -0.1) is 0 Å². The SMILES string of the molecule is COc1cc(C)ccc1OC(C)CC(C)(N)CO. The van der Waals surface area contributed by atoms with Gasteiger partial charge in [-0.2, -0.15) is 0 Å². The number of hydrogen-bond acceptors (Lipinski definition) is 4. The lowest BCUT2D eigenvalue weighted by Crippen LogP contribution is -2.43. The van der Waals surface area contributed by atoms with Gasteiger partial charge in [0.05, 0.1) is 19.8 Å². The minimum atomic E-state index is -0.628. The lowest BCUT2D eigenvalue weighted by atomic mass is 9.97. The summed E-state index contributed by atoms with van der Waals surface area (Å²) in [5.41, 5.74) is 6.39. The fourth-order valence-corrected chi connectivity index (χ4v) is 1.85. The first kappa shape index (κ1) is 14.8. The van der Waals surface area contributed by atoms with Crippen molar-refractivity contribution in [2.45, 2.75) is 38.8 Å². The Morgan fingerprint density at radius 3 is 2.61 bits per heavy atom. The predicted octanol–water partition coefficient (Wildman–Crippen LogP) is 1.87. The Kier molecular flexibility index (Phi) is 4.99. The third kappa shape index (κ3) is 4.20. The summed E-state index contributed by atoms with van der Waals surface area (Å²) in [6.45, 7) is 5.67. The van der Waals surface area contributed by atoms with Crippen molar-refractivity contribution in [2.75, 3.05) is 13.7 Å². The Labute approximate surface area is 109 Å². The van der Waals surface area contributed by atoms with Crippen LogP contribution in [-0.4, -0.2) is 30.5 Å². The van der Waals surface area contributed by atoms with E-state index in [-0.39, 0.29) is 12.7 Å². The van der Waals surface area contributed by atoms with E-state index in [9.17, 15) is 0 Å². The number of nitrogens with two attached hydrogens (primary N) is 1. The molecule has 0 aliphatic heterocycles. The Morgan fingerprint density at radius 2 is 2.06 bits per heavy atom. The third-order valence-electron chi connectivity index (χ3n) is 2.76. The zero-order chi connectivity index (χ0) is 13.8. The van der Waals surface area contributed by atoms with Gasteiger partial charge in [0.25, 0.3) is 0 Å². The number of ether oxygens (including phenoxy) is 2. The smallest absolute Gasteiger partial charge is 0.161 e. The molecule has 1 aromatic rings. The molecule has 0 saturated heterocycles. The summed E-state index contributed by atoms with van der Waals surface area (Å²) < 4.78 is 11.1. The van der Waals surface area contributed by atoms with Gasteiger partial charge in [-0.3, -0.25) is 0 Å². The van der Waals surface area contributed by atoms with E-state index in [0.717, 1.165) is 5.56 Å². The summed E-state index contributed by atoms with van der Waals surface area (Å²) in [6.07, 6.45) is 0.476. The zero-order valence-corrected chi connectivity index (χ0v) is 11.6. The van der Waals surface area contributed by atoms with Gasteiger partial charge >= 0.3 is 0 Å². The highest BCUT2D eigenvalue weighted by Crippen LogP contribution is 2.29. The molecule has 2 unspecified atom stereocenters. The molecule has 0 fully saturated rings. The van der Waals surface area contributed by atoms with Gasteiger partial charge in [0, 0.05) is 12.0 Å². The molecule has 0 aliphatic carbocycles. The van der Waals surface area contributed by atoms with E-state index in [1.54, 1.807) is 14.0 Å². The maximum absolute atomic E-state index is 9.14. The number of benzene rings is 1. The van der Waals surface area contributed by atoms with E-state index in [0.29, 0.717) is 17.9 Å². The second-order valence-electron chi connectivity index (χ2n) is 5.10. The molecule has 4 nitrogen and oxygen atoms in total. The molecule has 1 rings (SSSR count). The number of aliphatic hydroxyl groups is 1. The zero-order valence-electron chi connectivity index (χ0n) is 11.6. The largest absolute Gasteiger partial charge is 0.493 e. The fraction of sp³-hybridized carbons (Fsp3) is 0.571. The number of aryl methyl sites for hydroxylation is 1. The summed E-state index contributed by atoms with van der Waals surface area (Å²) in [6, 6.07) is 5.78. The molecular formula is C14H23NO3. The molecule has 0 saturated carbocycles. The first-order chi connectivity index (χ1) is 8.38.